The van der Waals surface area contributed by atoms with Crippen molar-refractivity contribution < 1.29 is 6.85 Å². The monoisotopic (exact) mass is 1220 g/mol. The molecule has 0 N–H and O–H groups in total. The lowest BCUT2D eigenvalue weighted by atomic mass is 9.94. The molecule has 0 saturated carbocycles. The summed E-state index contributed by atoms with van der Waals surface area (Å²) in [4.78, 5) is 31.2. The fourth-order valence-electron chi connectivity index (χ4n) is 13.8. The van der Waals surface area contributed by atoms with Gasteiger partial charge in [0.1, 0.15) is 0 Å². The number of rotatable bonds is 0. The van der Waals surface area contributed by atoms with Gasteiger partial charge in [-0.1, -0.05) is 216 Å². The van der Waals surface area contributed by atoms with Gasteiger partial charge in [0.2, 0.25) is 0 Å². The van der Waals surface area contributed by atoms with Crippen molar-refractivity contribution in [3.63, 3.8) is 0 Å². The van der Waals surface area contributed by atoms with Crippen molar-refractivity contribution in [1.82, 2.24) is 34.9 Å². The standard InChI is InChI=1S/3C18H13N.2C17H12N2/c1-12-8-9-14-13-5-2-3-6-15(13)18-16(17(14)11-12)7-4-10-19-18;1-12-8-9-15-13-5-2-3-6-14(13)16-7-4-10-19-18(16)17(15)11-12;1-12-6-7-15-13-4-2-3-5-14(13)16-8-9-19-11-18(16)17(15)10-12;1-11-6-7-12-13-4-2-8-18-16(13)17-14(15(12)10-11)5-3-9-19-17;1-11-4-5-12-13-6-8-18-10-16(13)17-14(15(12)9-11)3-2-7-19-17/h3*2-11H,1H3;2*2-10H,1H3/i5*1D. The quantitative estimate of drug-likeness (QED) is 0.140. The van der Waals surface area contributed by atoms with E-state index in [1.54, 1.807) is 12.4 Å². The highest BCUT2D eigenvalue weighted by molar-refractivity contribution is 6.28. The molecule has 20 rings (SSSR count). The van der Waals surface area contributed by atoms with Crippen LogP contribution in [0, 0.1) is 34.5 Å². The van der Waals surface area contributed by atoms with Gasteiger partial charge in [-0.05, 0) is 169 Å². The van der Waals surface area contributed by atoms with E-state index >= 15 is 0 Å². The van der Waals surface area contributed by atoms with E-state index in [4.69, 9.17) is 6.85 Å². The molecule has 7 aromatic heterocycles. The van der Waals surface area contributed by atoms with Gasteiger partial charge in [0, 0.05) is 111 Å². The zero-order chi connectivity index (χ0) is 67.6. The van der Waals surface area contributed by atoms with Crippen molar-refractivity contribution in [2.45, 2.75) is 34.5 Å². The molecule has 0 aliphatic carbocycles. The van der Waals surface area contributed by atoms with Crippen LogP contribution in [0.15, 0.2) is 292 Å². The van der Waals surface area contributed by atoms with Crippen LogP contribution in [0.1, 0.15) is 34.7 Å². The maximum Gasteiger partial charge on any atom is 0.0970 e. The van der Waals surface area contributed by atoms with Gasteiger partial charge in [0.25, 0.3) is 0 Å². The Labute approximate surface area is 555 Å². The summed E-state index contributed by atoms with van der Waals surface area (Å²) in [6, 6.07) is 81.0. The summed E-state index contributed by atoms with van der Waals surface area (Å²) in [6.45, 7) is 1.51. The Balaban J connectivity index is 0.0000000972. The van der Waals surface area contributed by atoms with Gasteiger partial charge in [-0.3, -0.25) is 34.9 Å². The molecule has 7 heterocycles. The van der Waals surface area contributed by atoms with Crippen LogP contribution in [-0.4, -0.2) is 34.9 Å². The Hall–Kier alpha value is -12.2. The Morgan fingerprint density at radius 3 is 0.811 bits per heavy atom. The lowest BCUT2D eigenvalue weighted by Crippen LogP contribution is -1.88. The minimum Gasteiger partial charge on any atom is -0.264 e. The van der Waals surface area contributed by atoms with Gasteiger partial charge in [-0.2, -0.15) is 0 Å². The third-order valence-corrected chi connectivity index (χ3v) is 18.1. The first-order chi connectivity index (χ1) is 49.4. The lowest BCUT2D eigenvalue weighted by molar-refractivity contribution is 1.36. The Morgan fingerprint density at radius 1 is 0.179 bits per heavy atom. The number of aryl methyl sites for hydroxylation is 5. The van der Waals surface area contributed by atoms with Crippen LogP contribution >= 0.6 is 0 Å². The normalized spacial score (nSPS) is 12.1. The molecule has 0 bridgehead atoms. The van der Waals surface area contributed by atoms with E-state index < -0.39 is 0 Å². The molecule has 0 saturated heterocycles. The molecule has 450 valence electrons. The molecule has 0 aliphatic heterocycles. The second-order valence-corrected chi connectivity index (χ2v) is 23.9. The average Bonchev–Trinajstić information content (AvgIpc) is 0.782. The van der Waals surface area contributed by atoms with Crippen LogP contribution in [-0.2, 0) is 0 Å². The molecule has 20 aromatic rings. The van der Waals surface area contributed by atoms with E-state index in [0.717, 1.165) is 109 Å². The molecule has 0 amide bonds. The predicted octanol–water partition coefficient (Wildman–Crippen LogP) is 23.0. The Morgan fingerprint density at radius 2 is 0.411 bits per heavy atom. The van der Waals surface area contributed by atoms with Gasteiger partial charge in [0.05, 0.1) is 27.6 Å². The SMILES string of the molecule is [2H]Cc1ccc2c(c1)c1cccnc1c1cnccc21.[2H]Cc1ccc2c(c1)c1cccnc1c1ncccc21.[2H]Cc1ccc2c3ccccc3c3cccnc3c2c1.[2H]Cc1ccc2c3ccccc3c3ccncc3c2c1.[2H]Cc1ccc2c3ccccc3c3ncccc3c2c1. The first-order valence-corrected chi connectivity index (χ1v) is 31.5. The van der Waals surface area contributed by atoms with Crippen LogP contribution < -0.4 is 0 Å². The topological polar surface area (TPSA) is 90.2 Å². The fourth-order valence-corrected chi connectivity index (χ4v) is 13.8. The zero-order valence-electron chi connectivity index (χ0n) is 56.9. The third-order valence-electron chi connectivity index (χ3n) is 18.1. The highest BCUT2D eigenvalue weighted by atomic mass is 14.7. The summed E-state index contributed by atoms with van der Waals surface area (Å²) in [6.07, 6.45) is 16.6. The first kappa shape index (κ1) is 52.4. The second kappa shape index (κ2) is 24.5. The molecular formula is C88H63N7. The molecule has 13 aromatic carbocycles. The number of pyridine rings is 7. The summed E-state index contributed by atoms with van der Waals surface area (Å²) in [5.74, 6) is 0. The van der Waals surface area contributed by atoms with E-state index in [2.05, 4.69) is 205 Å². The van der Waals surface area contributed by atoms with Crippen molar-refractivity contribution in [3.05, 3.63) is 320 Å². The van der Waals surface area contributed by atoms with E-state index in [1.807, 2.05) is 110 Å². The number of hydrogen-bond donors (Lipinski definition) is 0. The molecule has 0 spiro atoms. The minimum absolute atomic E-state index is 0.294. The molecule has 95 heavy (non-hydrogen) atoms. The third kappa shape index (κ3) is 10.5. The van der Waals surface area contributed by atoms with Crippen molar-refractivity contribution >= 4 is 162 Å². The van der Waals surface area contributed by atoms with Crippen LogP contribution in [0.25, 0.3) is 162 Å². The predicted molar refractivity (Wildman–Crippen MR) is 403 cm³/mol. The van der Waals surface area contributed by atoms with Crippen LogP contribution in [0.4, 0.5) is 0 Å². The largest absolute Gasteiger partial charge is 0.264 e. The summed E-state index contributed by atoms with van der Waals surface area (Å²) < 4.78 is 37.8. The maximum absolute atomic E-state index is 7.57. The number of benzene rings is 13. The zero-order valence-corrected chi connectivity index (χ0v) is 51.9. The summed E-state index contributed by atoms with van der Waals surface area (Å²) >= 11 is 0. The Bertz CT molecular complexity index is 5470. The van der Waals surface area contributed by atoms with Gasteiger partial charge >= 0.3 is 0 Å². The summed E-state index contributed by atoms with van der Waals surface area (Å²) in [7, 11) is 0. The van der Waals surface area contributed by atoms with E-state index in [1.165, 1.54) is 80.8 Å². The molecule has 0 unspecified atom stereocenters. The van der Waals surface area contributed by atoms with Crippen LogP contribution in [0.3, 0.4) is 0 Å². The molecule has 7 heteroatoms. The highest BCUT2D eigenvalue weighted by Gasteiger charge is 2.14. The molecule has 0 fully saturated rings. The van der Waals surface area contributed by atoms with Gasteiger partial charge in [-0.15, -0.1) is 0 Å². The van der Waals surface area contributed by atoms with Crippen molar-refractivity contribution in [1.29, 1.82) is 0 Å². The summed E-state index contributed by atoms with van der Waals surface area (Å²) in [5, 5.41) is 29.6. The minimum atomic E-state index is 0.294. The van der Waals surface area contributed by atoms with Crippen molar-refractivity contribution in [2.75, 3.05) is 0 Å². The lowest BCUT2D eigenvalue weighted by Gasteiger charge is -2.10. The van der Waals surface area contributed by atoms with Crippen LogP contribution in [0.2, 0.25) is 0 Å². The van der Waals surface area contributed by atoms with Gasteiger partial charge in [0.15, 0.2) is 0 Å². The number of aromatic nitrogens is 7. The average molecular weight is 1220 g/mol. The highest BCUT2D eigenvalue weighted by Crippen LogP contribution is 2.39. The van der Waals surface area contributed by atoms with Crippen LogP contribution in [0.5, 0.6) is 0 Å². The molecule has 7 nitrogen and oxygen atoms in total. The number of hydrogen-bond acceptors (Lipinski definition) is 7. The molecular weight excluding hydrogens is 1160 g/mol. The molecule has 0 aliphatic rings. The fraction of sp³-hybridized carbons (Fsp3) is 0.0568. The van der Waals surface area contributed by atoms with E-state index in [0.29, 0.717) is 34.5 Å². The van der Waals surface area contributed by atoms with Crippen molar-refractivity contribution in [3.8, 4) is 0 Å². The number of nitrogens with zero attached hydrogens (tertiary/aromatic N) is 7. The Kier molecular flexibility index (Phi) is 13.5. The van der Waals surface area contributed by atoms with Crippen molar-refractivity contribution in [2.24, 2.45) is 0 Å². The van der Waals surface area contributed by atoms with Gasteiger partial charge < -0.3 is 0 Å². The number of fused-ring (bicyclic) bond motifs is 30. The molecule has 0 atom stereocenters. The smallest absolute Gasteiger partial charge is 0.0970 e. The molecule has 0 radical (unpaired) electrons. The van der Waals surface area contributed by atoms with Gasteiger partial charge in [-0.25, -0.2) is 0 Å². The van der Waals surface area contributed by atoms with E-state index in [9.17, 15) is 0 Å². The van der Waals surface area contributed by atoms with E-state index in [-0.39, 0.29) is 0 Å². The second-order valence-electron chi connectivity index (χ2n) is 23.9. The first-order valence-electron chi connectivity index (χ1n) is 35.0. The summed E-state index contributed by atoms with van der Waals surface area (Å²) in [5.41, 5.74) is 10.1. The maximum atomic E-state index is 7.57.